The summed E-state index contributed by atoms with van der Waals surface area (Å²) in [5.41, 5.74) is 1.18. The summed E-state index contributed by atoms with van der Waals surface area (Å²) in [5, 5.41) is 3.28. The third kappa shape index (κ3) is 3.91. The van der Waals surface area contributed by atoms with Crippen molar-refractivity contribution < 1.29 is 17.9 Å². The smallest absolute Gasteiger partial charge is 0.422 e. The summed E-state index contributed by atoms with van der Waals surface area (Å²) in [6, 6.07) is 6.95. The van der Waals surface area contributed by atoms with Gasteiger partial charge in [-0.1, -0.05) is 12.1 Å². The molecule has 1 aliphatic heterocycles. The van der Waals surface area contributed by atoms with Gasteiger partial charge in [0.15, 0.2) is 6.61 Å². The number of benzene rings is 1. The van der Waals surface area contributed by atoms with Crippen molar-refractivity contribution in [2.45, 2.75) is 24.9 Å². The fourth-order valence-electron chi connectivity index (χ4n) is 2.16. The van der Waals surface area contributed by atoms with Gasteiger partial charge < -0.3 is 10.1 Å². The Morgan fingerprint density at radius 1 is 1.11 bits per heavy atom. The molecule has 1 aliphatic rings. The van der Waals surface area contributed by atoms with E-state index in [1.54, 1.807) is 12.1 Å². The van der Waals surface area contributed by atoms with Gasteiger partial charge in [0, 0.05) is 0 Å². The number of alkyl halides is 3. The van der Waals surface area contributed by atoms with E-state index in [9.17, 15) is 13.2 Å². The SMILES string of the molecule is FC(F)(F)COc1ccc(C2CCNCC2)cc1. The van der Waals surface area contributed by atoms with E-state index in [1.165, 1.54) is 5.56 Å². The standard InChI is InChI=1S/C13H16F3NO/c14-13(15,16)9-18-12-3-1-10(2-4-12)11-5-7-17-8-6-11/h1-4,11,17H,5-9H2. The lowest BCUT2D eigenvalue weighted by Gasteiger charge is -2.23. The van der Waals surface area contributed by atoms with Crippen LogP contribution in [-0.4, -0.2) is 25.9 Å². The molecule has 0 radical (unpaired) electrons. The van der Waals surface area contributed by atoms with Gasteiger partial charge >= 0.3 is 6.18 Å². The highest BCUT2D eigenvalue weighted by molar-refractivity contribution is 5.29. The lowest BCUT2D eigenvalue weighted by molar-refractivity contribution is -0.153. The van der Waals surface area contributed by atoms with Crippen molar-refractivity contribution in [3.63, 3.8) is 0 Å². The Labute approximate surface area is 104 Å². The second-order valence-corrected chi connectivity index (χ2v) is 4.50. The summed E-state index contributed by atoms with van der Waals surface area (Å²) in [7, 11) is 0. The summed E-state index contributed by atoms with van der Waals surface area (Å²) < 4.78 is 40.6. The first-order chi connectivity index (χ1) is 8.54. The molecule has 18 heavy (non-hydrogen) atoms. The van der Waals surface area contributed by atoms with Crippen molar-refractivity contribution >= 4 is 0 Å². The Morgan fingerprint density at radius 2 is 1.72 bits per heavy atom. The number of halogens is 3. The zero-order valence-corrected chi connectivity index (χ0v) is 9.96. The van der Waals surface area contributed by atoms with Gasteiger partial charge in [0.05, 0.1) is 0 Å². The summed E-state index contributed by atoms with van der Waals surface area (Å²) in [5.74, 6) is 0.771. The van der Waals surface area contributed by atoms with Gasteiger partial charge in [0.2, 0.25) is 0 Å². The fourth-order valence-corrected chi connectivity index (χ4v) is 2.16. The maximum Gasteiger partial charge on any atom is 0.422 e. The molecule has 0 aromatic heterocycles. The first-order valence-electron chi connectivity index (χ1n) is 6.05. The molecule has 0 saturated carbocycles. The first kappa shape index (κ1) is 13.2. The first-order valence-corrected chi connectivity index (χ1v) is 6.05. The Balaban J connectivity index is 1.92. The molecule has 1 heterocycles. The average molecular weight is 259 g/mol. The molecule has 5 heteroatoms. The molecule has 0 unspecified atom stereocenters. The van der Waals surface area contributed by atoms with E-state index in [-0.39, 0.29) is 5.75 Å². The molecule has 1 aromatic rings. The molecule has 2 nitrogen and oxygen atoms in total. The molecular weight excluding hydrogens is 243 g/mol. The minimum Gasteiger partial charge on any atom is -0.484 e. The van der Waals surface area contributed by atoms with Crippen molar-refractivity contribution in [2.24, 2.45) is 0 Å². The van der Waals surface area contributed by atoms with Crippen LogP contribution >= 0.6 is 0 Å². The predicted octanol–water partition coefficient (Wildman–Crippen LogP) is 3.09. The zero-order chi connectivity index (χ0) is 13.0. The fraction of sp³-hybridized carbons (Fsp3) is 0.538. The van der Waals surface area contributed by atoms with Crippen molar-refractivity contribution in [3.05, 3.63) is 29.8 Å². The van der Waals surface area contributed by atoms with Crippen LogP contribution in [0.1, 0.15) is 24.3 Å². The topological polar surface area (TPSA) is 21.3 Å². The zero-order valence-electron chi connectivity index (χ0n) is 9.96. The summed E-state index contributed by atoms with van der Waals surface area (Å²) in [6.07, 6.45) is -2.14. The Kier molecular flexibility index (Phi) is 4.11. The summed E-state index contributed by atoms with van der Waals surface area (Å²) in [6.45, 7) is 0.758. The third-order valence-corrected chi connectivity index (χ3v) is 3.09. The number of rotatable bonds is 3. The highest BCUT2D eigenvalue weighted by Gasteiger charge is 2.28. The minimum atomic E-state index is -4.28. The number of piperidine rings is 1. The second-order valence-electron chi connectivity index (χ2n) is 4.50. The van der Waals surface area contributed by atoms with Crippen LogP contribution in [0.15, 0.2) is 24.3 Å². The molecule has 0 bridgehead atoms. The van der Waals surface area contributed by atoms with Gasteiger partial charge in [0.1, 0.15) is 5.75 Å². The minimum absolute atomic E-state index is 0.269. The van der Waals surface area contributed by atoms with Gasteiger partial charge in [-0.2, -0.15) is 13.2 Å². The molecule has 1 saturated heterocycles. The normalized spacial score (nSPS) is 17.7. The van der Waals surface area contributed by atoms with Crippen LogP contribution in [0.2, 0.25) is 0 Å². The number of ether oxygens (including phenoxy) is 1. The summed E-state index contributed by atoms with van der Waals surface area (Å²) in [4.78, 5) is 0. The molecule has 0 aliphatic carbocycles. The number of hydrogen-bond donors (Lipinski definition) is 1. The van der Waals surface area contributed by atoms with Crippen molar-refractivity contribution in [2.75, 3.05) is 19.7 Å². The van der Waals surface area contributed by atoms with E-state index in [0.717, 1.165) is 25.9 Å². The monoisotopic (exact) mass is 259 g/mol. The Bertz CT molecular complexity index is 369. The molecule has 0 spiro atoms. The average Bonchev–Trinajstić information content (AvgIpc) is 2.37. The number of nitrogens with one attached hydrogen (secondary N) is 1. The molecule has 2 rings (SSSR count). The Morgan fingerprint density at radius 3 is 2.28 bits per heavy atom. The lowest BCUT2D eigenvalue weighted by atomic mass is 9.90. The van der Waals surface area contributed by atoms with Gasteiger partial charge in [-0.05, 0) is 49.5 Å². The van der Waals surface area contributed by atoms with Crippen molar-refractivity contribution in [1.29, 1.82) is 0 Å². The van der Waals surface area contributed by atoms with Gasteiger partial charge in [-0.3, -0.25) is 0 Å². The Hall–Kier alpha value is -1.23. The molecule has 0 amide bonds. The van der Waals surface area contributed by atoms with Crippen LogP contribution in [0.25, 0.3) is 0 Å². The molecular formula is C13H16F3NO. The third-order valence-electron chi connectivity index (χ3n) is 3.09. The quantitative estimate of drug-likeness (QED) is 0.900. The molecule has 1 fully saturated rings. The van der Waals surface area contributed by atoms with E-state index in [1.807, 2.05) is 12.1 Å². The highest BCUT2D eigenvalue weighted by Crippen LogP contribution is 2.27. The van der Waals surface area contributed by atoms with E-state index < -0.39 is 12.8 Å². The highest BCUT2D eigenvalue weighted by atomic mass is 19.4. The van der Waals surface area contributed by atoms with Crippen LogP contribution in [-0.2, 0) is 0 Å². The van der Waals surface area contributed by atoms with Crippen LogP contribution in [0.4, 0.5) is 13.2 Å². The maximum absolute atomic E-state index is 12.0. The van der Waals surface area contributed by atoms with Crippen LogP contribution in [0.3, 0.4) is 0 Å². The molecule has 0 atom stereocenters. The molecule has 1 aromatic carbocycles. The van der Waals surface area contributed by atoms with Gasteiger partial charge in [-0.15, -0.1) is 0 Å². The van der Waals surface area contributed by atoms with Gasteiger partial charge in [0.25, 0.3) is 0 Å². The van der Waals surface area contributed by atoms with Crippen LogP contribution in [0, 0.1) is 0 Å². The largest absolute Gasteiger partial charge is 0.484 e. The van der Waals surface area contributed by atoms with Crippen LogP contribution < -0.4 is 10.1 Å². The van der Waals surface area contributed by atoms with E-state index in [4.69, 9.17) is 0 Å². The second kappa shape index (κ2) is 5.61. The van der Waals surface area contributed by atoms with Gasteiger partial charge in [-0.25, -0.2) is 0 Å². The van der Waals surface area contributed by atoms with Crippen molar-refractivity contribution in [3.8, 4) is 5.75 Å². The van der Waals surface area contributed by atoms with E-state index >= 15 is 0 Å². The number of hydrogen-bond acceptors (Lipinski definition) is 2. The predicted molar refractivity (Wildman–Crippen MR) is 62.8 cm³/mol. The molecule has 1 N–H and O–H groups in total. The van der Waals surface area contributed by atoms with Crippen molar-refractivity contribution in [1.82, 2.24) is 5.32 Å². The lowest BCUT2D eigenvalue weighted by Crippen LogP contribution is -2.26. The molecule has 100 valence electrons. The maximum atomic E-state index is 12.0. The van der Waals surface area contributed by atoms with Crippen LogP contribution in [0.5, 0.6) is 5.75 Å². The van der Waals surface area contributed by atoms with E-state index in [2.05, 4.69) is 10.1 Å². The summed E-state index contributed by atoms with van der Waals surface area (Å²) >= 11 is 0. The van der Waals surface area contributed by atoms with E-state index in [0.29, 0.717) is 5.92 Å².